The quantitative estimate of drug-likeness (QED) is 0.405. The summed E-state index contributed by atoms with van der Waals surface area (Å²) >= 11 is 0. The standard InChI is InChI=1S/C25H33N3O5S2/c1-25(2,3)34(6,7)28-35(30,27-17-24(29)32-5)20-11-8-18(9-12-20)33-23-14-15-26-22-16-19(31-4)10-13-21(22)23/h8-16H,17H2,1-7H3,(H,27,28,30). The van der Waals surface area contributed by atoms with Gasteiger partial charge in [0.1, 0.15) is 33.7 Å². The molecule has 0 spiro atoms. The zero-order valence-corrected chi connectivity index (χ0v) is 22.8. The fourth-order valence-corrected chi connectivity index (χ4v) is 7.43. The molecule has 0 bridgehead atoms. The highest BCUT2D eigenvalue weighted by Crippen LogP contribution is 2.55. The van der Waals surface area contributed by atoms with Crippen molar-refractivity contribution in [3.63, 3.8) is 0 Å². The number of benzene rings is 2. The second kappa shape index (κ2) is 10.4. The third-order valence-corrected chi connectivity index (χ3v) is 12.5. The van der Waals surface area contributed by atoms with Gasteiger partial charge < -0.3 is 14.2 Å². The van der Waals surface area contributed by atoms with Crippen molar-refractivity contribution in [3.05, 3.63) is 54.7 Å². The highest BCUT2D eigenvalue weighted by atomic mass is 32.3. The Bertz CT molecular complexity index is 1330. The summed E-state index contributed by atoms with van der Waals surface area (Å²) in [5, 5.41) is 0.839. The lowest BCUT2D eigenvalue weighted by Gasteiger charge is -2.40. The number of rotatable bonds is 8. The molecule has 1 heterocycles. The topological polar surface area (TPSA) is 99.1 Å². The molecule has 1 N–H and O–H groups in total. The van der Waals surface area contributed by atoms with Gasteiger partial charge in [0.25, 0.3) is 0 Å². The first-order valence-electron chi connectivity index (χ1n) is 10.9. The van der Waals surface area contributed by atoms with E-state index in [0.29, 0.717) is 22.1 Å². The maximum Gasteiger partial charge on any atom is 0.320 e. The van der Waals surface area contributed by atoms with Crippen LogP contribution < -0.4 is 14.2 Å². The third-order valence-electron chi connectivity index (χ3n) is 5.71. The van der Waals surface area contributed by atoms with Crippen LogP contribution in [0.1, 0.15) is 20.8 Å². The number of methoxy groups -OCH3 is 2. The number of hydrogen-bond donors (Lipinski definition) is 1. The molecular weight excluding hydrogens is 486 g/mol. The number of hydrogen-bond acceptors (Lipinski definition) is 7. The van der Waals surface area contributed by atoms with E-state index in [9.17, 15) is 9.00 Å². The van der Waals surface area contributed by atoms with Gasteiger partial charge in [0, 0.05) is 22.4 Å². The number of ether oxygens (including phenoxy) is 3. The third kappa shape index (κ3) is 6.25. The minimum absolute atomic E-state index is 0.184. The second-order valence-corrected chi connectivity index (χ2v) is 15.3. The Balaban J connectivity index is 1.96. The molecule has 3 aromatic rings. The van der Waals surface area contributed by atoms with Crippen LogP contribution in [0.15, 0.2) is 63.4 Å². The van der Waals surface area contributed by atoms with Crippen molar-refractivity contribution in [1.82, 2.24) is 9.71 Å². The molecule has 10 heteroatoms. The average molecular weight is 520 g/mol. The lowest BCUT2D eigenvalue weighted by Crippen LogP contribution is -2.32. The number of carbonyl (C=O) groups is 1. The van der Waals surface area contributed by atoms with Crippen LogP contribution in [0.5, 0.6) is 17.2 Å². The van der Waals surface area contributed by atoms with Gasteiger partial charge in [-0.3, -0.25) is 9.78 Å². The Morgan fingerprint density at radius 3 is 2.29 bits per heavy atom. The molecular formula is C25H33N3O5S2. The first kappa shape index (κ1) is 26.8. The van der Waals surface area contributed by atoms with E-state index >= 15 is 0 Å². The highest BCUT2D eigenvalue weighted by Gasteiger charge is 2.30. The fourth-order valence-electron chi connectivity index (χ4n) is 2.89. The Labute approximate surface area is 209 Å². The average Bonchev–Trinajstić information content (AvgIpc) is 2.81. The van der Waals surface area contributed by atoms with Crippen LogP contribution in [-0.2, 0) is 19.4 Å². The summed E-state index contributed by atoms with van der Waals surface area (Å²) in [6.07, 6.45) is 5.69. The summed E-state index contributed by atoms with van der Waals surface area (Å²) < 4.78 is 37.6. The highest BCUT2D eigenvalue weighted by molar-refractivity contribution is 8.35. The molecule has 1 aromatic heterocycles. The summed E-state index contributed by atoms with van der Waals surface area (Å²) in [4.78, 5) is 16.6. The molecule has 1 atom stereocenters. The van der Waals surface area contributed by atoms with E-state index in [4.69, 9.17) is 18.0 Å². The van der Waals surface area contributed by atoms with Gasteiger partial charge in [0.15, 0.2) is 0 Å². The molecule has 0 saturated carbocycles. The van der Waals surface area contributed by atoms with Crippen molar-refractivity contribution in [2.24, 2.45) is 3.77 Å². The maximum absolute atomic E-state index is 14.0. The summed E-state index contributed by atoms with van der Waals surface area (Å²) in [7, 11) is -1.88. The van der Waals surface area contributed by atoms with Crippen LogP contribution in [0.2, 0.25) is 0 Å². The van der Waals surface area contributed by atoms with Crippen LogP contribution in [0.4, 0.5) is 0 Å². The minimum Gasteiger partial charge on any atom is -0.497 e. The molecule has 0 fully saturated rings. The van der Waals surface area contributed by atoms with Gasteiger partial charge >= 0.3 is 5.97 Å². The predicted molar refractivity (Wildman–Crippen MR) is 143 cm³/mol. The molecule has 0 aliphatic rings. The molecule has 35 heavy (non-hydrogen) atoms. The van der Waals surface area contributed by atoms with E-state index < -0.39 is 26.1 Å². The van der Waals surface area contributed by atoms with Gasteiger partial charge in [0.05, 0.1) is 24.6 Å². The van der Waals surface area contributed by atoms with Crippen molar-refractivity contribution < 1.29 is 23.2 Å². The van der Waals surface area contributed by atoms with Crippen LogP contribution in [0, 0.1) is 0 Å². The Kier molecular flexibility index (Phi) is 7.98. The van der Waals surface area contributed by atoms with E-state index in [1.165, 1.54) is 7.11 Å². The van der Waals surface area contributed by atoms with E-state index in [1.807, 2.05) is 30.7 Å². The van der Waals surface area contributed by atoms with Gasteiger partial charge in [-0.05, 0) is 55.0 Å². The molecule has 0 radical (unpaired) electrons. The summed E-state index contributed by atoms with van der Waals surface area (Å²) in [6, 6.07) is 14.3. The monoisotopic (exact) mass is 519 g/mol. The van der Waals surface area contributed by atoms with E-state index in [1.54, 1.807) is 43.6 Å². The van der Waals surface area contributed by atoms with E-state index in [0.717, 1.165) is 10.9 Å². The number of fused-ring (bicyclic) bond motifs is 1. The number of pyridine rings is 1. The maximum atomic E-state index is 14.0. The molecule has 2 aromatic carbocycles. The molecule has 0 aliphatic carbocycles. The molecule has 0 amide bonds. The van der Waals surface area contributed by atoms with Crippen molar-refractivity contribution in [2.45, 2.75) is 30.4 Å². The fraction of sp³-hybridized carbons (Fsp3) is 0.360. The number of esters is 1. The Morgan fingerprint density at radius 2 is 1.69 bits per heavy atom. The lowest BCUT2D eigenvalue weighted by atomic mass is 10.2. The summed E-state index contributed by atoms with van der Waals surface area (Å²) in [5.74, 6) is 1.40. The van der Waals surface area contributed by atoms with Gasteiger partial charge in [-0.25, -0.2) is 8.93 Å². The summed E-state index contributed by atoms with van der Waals surface area (Å²) in [5.41, 5.74) is 0.750. The van der Waals surface area contributed by atoms with E-state index in [2.05, 4.69) is 30.5 Å². The lowest BCUT2D eigenvalue weighted by molar-refractivity contribution is -0.139. The number of aromatic nitrogens is 1. The van der Waals surface area contributed by atoms with Crippen LogP contribution in [-0.4, -0.2) is 53.2 Å². The summed E-state index contributed by atoms with van der Waals surface area (Å²) in [6.45, 7) is 5.98. The van der Waals surface area contributed by atoms with E-state index in [-0.39, 0.29) is 11.3 Å². The Hall–Kier alpha value is -2.82. The van der Waals surface area contributed by atoms with Gasteiger partial charge in [-0.15, -0.1) is 10.2 Å². The second-order valence-electron chi connectivity index (χ2n) is 9.15. The van der Waals surface area contributed by atoms with Crippen LogP contribution in [0.3, 0.4) is 0 Å². The predicted octanol–water partition coefficient (Wildman–Crippen LogP) is 5.32. The molecule has 1 unspecified atom stereocenters. The first-order valence-corrected chi connectivity index (χ1v) is 14.8. The van der Waals surface area contributed by atoms with Gasteiger partial charge in [-0.1, -0.05) is 20.8 Å². The number of nitrogens with zero attached hydrogens (tertiary/aromatic N) is 2. The first-order chi connectivity index (χ1) is 16.4. The Morgan fingerprint density at radius 1 is 1.03 bits per heavy atom. The van der Waals surface area contributed by atoms with Crippen molar-refractivity contribution in [2.75, 3.05) is 33.3 Å². The van der Waals surface area contributed by atoms with Crippen molar-refractivity contribution in [3.8, 4) is 17.2 Å². The van der Waals surface area contributed by atoms with Crippen LogP contribution in [0.25, 0.3) is 10.9 Å². The SMILES string of the molecule is COC(=O)CNS(=O)(=NS(C)(C)C(C)(C)C)c1ccc(Oc2ccnc3cc(OC)ccc23)cc1. The smallest absolute Gasteiger partial charge is 0.320 e. The molecule has 0 saturated heterocycles. The molecule has 190 valence electrons. The zero-order valence-electron chi connectivity index (χ0n) is 21.2. The van der Waals surface area contributed by atoms with Crippen LogP contribution >= 0.6 is 10.2 Å². The molecule has 0 aliphatic heterocycles. The molecule has 3 rings (SSSR count). The number of carbonyl (C=O) groups excluding carboxylic acids is 1. The normalized spacial score (nSPS) is 14.1. The molecule has 8 nitrogen and oxygen atoms in total. The van der Waals surface area contributed by atoms with Crippen molar-refractivity contribution in [1.29, 1.82) is 0 Å². The zero-order chi connectivity index (χ0) is 25.9. The number of nitrogens with one attached hydrogen (secondary N) is 1. The van der Waals surface area contributed by atoms with Gasteiger partial charge in [0.2, 0.25) is 0 Å². The van der Waals surface area contributed by atoms with Gasteiger partial charge in [-0.2, -0.15) is 3.77 Å². The minimum atomic E-state index is -3.11. The largest absolute Gasteiger partial charge is 0.497 e. The van der Waals surface area contributed by atoms with Crippen molar-refractivity contribution >= 4 is 37.0 Å².